The summed E-state index contributed by atoms with van der Waals surface area (Å²) in [6, 6.07) is 6.96. The van der Waals surface area contributed by atoms with E-state index in [-0.39, 0.29) is 12.5 Å². The van der Waals surface area contributed by atoms with Crippen molar-refractivity contribution in [3.8, 4) is 0 Å². The van der Waals surface area contributed by atoms with E-state index in [9.17, 15) is 14.4 Å². The summed E-state index contributed by atoms with van der Waals surface area (Å²) in [5.41, 5.74) is 0.355. The lowest BCUT2D eigenvalue weighted by molar-refractivity contribution is -0.151. The highest BCUT2D eigenvalue weighted by Crippen LogP contribution is 2.31. The number of carboxylic acid groups (broad SMARTS) is 1. The smallest absolute Gasteiger partial charge is 0.329 e. The zero-order valence-corrected chi connectivity index (χ0v) is 11.8. The van der Waals surface area contributed by atoms with E-state index in [1.165, 1.54) is 0 Å². The molecule has 2 amide bonds. The molecule has 0 unspecified atom stereocenters. The molecule has 0 aromatic heterocycles. The molecule has 0 atom stereocenters. The van der Waals surface area contributed by atoms with Gasteiger partial charge in [0.15, 0.2) is 0 Å². The van der Waals surface area contributed by atoms with Gasteiger partial charge in [0.1, 0.15) is 5.54 Å². The predicted octanol–water partition coefficient (Wildman–Crippen LogP) is 0.848. The van der Waals surface area contributed by atoms with Gasteiger partial charge in [0.05, 0.1) is 6.54 Å². The second kappa shape index (κ2) is 5.95. The average molecular weight is 290 g/mol. The summed E-state index contributed by atoms with van der Waals surface area (Å²) in [6.07, 6.45) is 1.64. The van der Waals surface area contributed by atoms with Crippen LogP contribution in [0.15, 0.2) is 24.3 Å². The SMILES string of the molecule is Cc1ccc(C(=O)NCC(=O)NC2(C(=O)O)CCC2)cc1. The van der Waals surface area contributed by atoms with Crippen LogP contribution in [0, 0.1) is 6.92 Å². The quantitative estimate of drug-likeness (QED) is 0.749. The van der Waals surface area contributed by atoms with E-state index < -0.39 is 17.4 Å². The molecule has 0 radical (unpaired) electrons. The molecule has 1 aromatic carbocycles. The topological polar surface area (TPSA) is 95.5 Å². The Morgan fingerprint density at radius 2 is 1.81 bits per heavy atom. The summed E-state index contributed by atoms with van der Waals surface area (Å²) in [7, 11) is 0. The Balaban J connectivity index is 1.85. The van der Waals surface area contributed by atoms with Gasteiger partial charge in [0, 0.05) is 5.56 Å². The molecule has 0 aliphatic heterocycles. The van der Waals surface area contributed by atoms with Crippen molar-refractivity contribution in [2.24, 2.45) is 0 Å². The molecule has 6 heteroatoms. The zero-order chi connectivity index (χ0) is 15.5. The summed E-state index contributed by atoms with van der Waals surface area (Å²) in [5, 5.41) is 14.1. The lowest BCUT2D eigenvalue weighted by Crippen LogP contribution is -2.60. The summed E-state index contributed by atoms with van der Waals surface area (Å²) in [6.45, 7) is 1.68. The Morgan fingerprint density at radius 3 is 2.29 bits per heavy atom. The molecule has 21 heavy (non-hydrogen) atoms. The first-order chi connectivity index (χ1) is 9.93. The minimum absolute atomic E-state index is 0.234. The minimum Gasteiger partial charge on any atom is -0.480 e. The Kier molecular flexibility index (Phi) is 4.26. The molecule has 1 saturated carbocycles. The maximum atomic E-state index is 11.8. The van der Waals surface area contributed by atoms with Crippen LogP contribution in [0.25, 0.3) is 0 Å². The number of carboxylic acids is 1. The minimum atomic E-state index is -1.15. The maximum absolute atomic E-state index is 11.8. The van der Waals surface area contributed by atoms with Crippen molar-refractivity contribution in [1.82, 2.24) is 10.6 Å². The summed E-state index contributed by atoms with van der Waals surface area (Å²) in [5.74, 6) is -1.87. The third-order valence-corrected chi connectivity index (χ3v) is 3.72. The number of carbonyl (C=O) groups excluding carboxylic acids is 2. The van der Waals surface area contributed by atoms with E-state index in [0.717, 1.165) is 12.0 Å². The molecule has 0 heterocycles. The van der Waals surface area contributed by atoms with Crippen molar-refractivity contribution in [3.63, 3.8) is 0 Å². The zero-order valence-electron chi connectivity index (χ0n) is 11.8. The lowest BCUT2D eigenvalue weighted by atomic mass is 9.77. The first-order valence-corrected chi connectivity index (χ1v) is 6.82. The van der Waals surface area contributed by atoms with Crippen molar-refractivity contribution >= 4 is 17.8 Å². The van der Waals surface area contributed by atoms with E-state index in [0.29, 0.717) is 18.4 Å². The Labute approximate surface area is 122 Å². The highest BCUT2D eigenvalue weighted by Gasteiger charge is 2.45. The number of amides is 2. The van der Waals surface area contributed by atoms with Crippen molar-refractivity contribution in [3.05, 3.63) is 35.4 Å². The average Bonchev–Trinajstić information content (AvgIpc) is 2.40. The number of rotatable bonds is 5. The number of aryl methyl sites for hydroxylation is 1. The molecule has 3 N–H and O–H groups in total. The van der Waals surface area contributed by atoms with Crippen LogP contribution in [0.2, 0.25) is 0 Å². The lowest BCUT2D eigenvalue weighted by Gasteiger charge is -2.38. The molecule has 0 spiro atoms. The highest BCUT2D eigenvalue weighted by atomic mass is 16.4. The van der Waals surface area contributed by atoms with Gasteiger partial charge in [-0.15, -0.1) is 0 Å². The second-order valence-electron chi connectivity index (χ2n) is 5.34. The number of aliphatic carboxylic acids is 1. The normalized spacial score (nSPS) is 15.7. The molecule has 1 aliphatic rings. The first-order valence-electron chi connectivity index (χ1n) is 6.82. The fraction of sp³-hybridized carbons (Fsp3) is 0.400. The molecule has 0 saturated heterocycles. The van der Waals surface area contributed by atoms with Crippen LogP contribution < -0.4 is 10.6 Å². The van der Waals surface area contributed by atoms with Crippen LogP contribution in [-0.2, 0) is 9.59 Å². The number of nitrogens with one attached hydrogen (secondary N) is 2. The molecule has 0 bridgehead atoms. The number of hydrogen-bond acceptors (Lipinski definition) is 3. The summed E-state index contributed by atoms with van der Waals surface area (Å²) in [4.78, 5) is 34.7. The fourth-order valence-electron chi connectivity index (χ4n) is 2.20. The summed E-state index contributed by atoms with van der Waals surface area (Å²) < 4.78 is 0. The van der Waals surface area contributed by atoms with E-state index in [2.05, 4.69) is 10.6 Å². The van der Waals surface area contributed by atoms with Crippen LogP contribution in [0.4, 0.5) is 0 Å². The van der Waals surface area contributed by atoms with E-state index in [4.69, 9.17) is 5.11 Å². The van der Waals surface area contributed by atoms with Crippen LogP contribution >= 0.6 is 0 Å². The van der Waals surface area contributed by atoms with Gasteiger partial charge in [-0.25, -0.2) is 4.79 Å². The predicted molar refractivity (Wildman–Crippen MR) is 75.9 cm³/mol. The van der Waals surface area contributed by atoms with Gasteiger partial charge in [-0.2, -0.15) is 0 Å². The van der Waals surface area contributed by atoms with Crippen LogP contribution in [-0.4, -0.2) is 35.0 Å². The Morgan fingerprint density at radius 1 is 1.19 bits per heavy atom. The fourth-order valence-corrected chi connectivity index (χ4v) is 2.20. The van der Waals surface area contributed by atoms with Crippen LogP contribution in [0.5, 0.6) is 0 Å². The van der Waals surface area contributed by atoms with Crippen molar-refractivity contribution in [2.75, 3.05) is 6.54 Å². The number of carbonyl (C=O) groups is 3. The van der Waals surface area contributed by atoms with Gasteiger partial charge in [-0.05, 0) is 38.3 Å². The molecule has 6 nitrogen and oxygen atoms in total. The molecular weight excluding hydrogens is 272 g/mol. The molecule has 1 fully saturated rings. The molecule has 2 rings (SSSR count). The van der Waals surface area contributed by atoms with Gasteiger partial charge < -0.3 is 15.7 Å². The third kappa shape index (κ3) is 3.39. The molecule has 1 aromatic rings. The molecular formula is C15H18N2O4. The number of hydrogen-bond donors (Lipinski definition) is 3. The van der Waals surface area contributed by atoms with Gasteiger partial charge in [-0.3, -0.25) is 9.59 Å². The molecule has 1 aliphatic carbocycles. The van der Waals surface area contributed by atoms with E-state index in [1.54, 1.807) is 12.1 Å². The third-order valence-electron chi connectivity index (χ3n) is 3.72. The standard InChI is InChI=1S/C15H18N2O4/c1-10-3-5-11(6-4-10)13(19)16-9-12(18)17-15(14(20)21)7-2-8-15/h3-6H,2,7-9H2,1H3,(H,16,19)(H,17,18)(H,20,21). The largest absolute Gasteiger partial charge is 0.480 e. The highest BCUT2D eigenvalue weighted by molar-refractivity contribution is 5.97. The van der Waals surface area contributed by atoms with E-state index in [1.807, 2.05) is 19.1 Å². The summed E-state index contributed by atoms with van der Waals surface area (Å²) >= 11 is 0. The van der Waals surface area contributed by atoms with Gasteiger partial charge in [0.25, 0.3) is 5.91 Å². The van der Waals surface area contributed by atoms with Crippen LogP contribution in [0.3, 0.4) is 0 Å². The van der Waals surface area contributed by atoms with Crippen LogP contribution in [0.1, 0.15) is 35.2 Å². The Bertz CT molecular complexity index is 562. The van der Waals surface area contributed by atoms with Gasteiger partial charge in [0.2, 0.25) is 5.91 Å². The monoisotopic (exact) mass is 290 g/mol. The van der Waals surface area contributed by atoms with Gasteiger partial charge >= 0.3 is 5.97 Å². The van der Waals surface area contributed by atoms with Gasteiger partial charge in [-0.1, -0.05) is 17.7 Å². The maximum Gasteiger partial charge on any atom is 0.329 e. The number of benzene rings is 1. The van der Waals surface area contributed by atoms with Crippen molar-refractivity contribution < 1.29 is 19.5 Å². The Hall–Kier alpha value is -2.37. The van der Waals surface area contributed by atoms with Crippen molar-refractivity contribution in [2.45, 2.75) is 31.7 Å². The van der Waals surface area contributed by atoms with Crippen molar-refractivity contribution in [1.29, 1.82) is 0 Å². The molecule has 112 valence electrons. The first kappa shape index (κ1) is 15.0. The second-order valence-corrected chi connectivity index (χ2v) is 5.34. The van der Waals surface area contributed by atoms with E-state index >= 15 is 0 Å².